The largest absolute Gasteiger partial charge is 0.460 e. The maximum Gasteiger partial charge on any atom is 0.305 e. The van der Waals surface area contributed by atoms with Crippen LogP contribution in [0, 0.1) is 0 Å². The number of carbonyl (C=O) groups is 1. The van der Waals surface area contributed by atoms with Crippen molar-refractivity contribution in [1.82, 2.24) is 0 Å². The van der Waals surface area contributed by atoms with Gasteiger partial charge in [-0.15, -0.1) is 0 Å². The molecule has 0 radical (unpaired) electrons. The van der Waals surface area contributed by atoms with Crippen molar-refractivity contribution in [3.63, 3.8) is 0 Å². The van der Waals surface area contributed by atoms with E-state index in [1.165, 1.54) is 70.6 Å². The number of ether oxygens (including phenoxy) is 1. The highest BCUT2D eigenvalue weighted by molar-refractivity contribution is 5.69. The fourth-order valence-corrected chi connectivity index (χ4v) is 3.20. The molecule has 0 fully saturated rings. The van der Waals surface area contributed by atoms with Gasteiger partial charge in [-0.2, -0.15) is 0 Å². The van der Waals surface area contributed by atoms with Crippen molar-refractivity contribution in [2.45, 2.75) is 96.8 Å². The number of esters is 1. The topological polar surface area (TPSA) is 46.5 Å². The lowest BCUT2D eigenvalue weighted by Crippen LogP contribution is -2.44. The van der Waals surface area contributed by atoms with Crippen LogP contribution in [-0.2, 0) is 9.53 Å². The molecule has 0 aliphatic rings. The zero-order chi connectivity index (χ0) is 20.9. The van der Waals surface area contributed by atoms with Gasteiger partial charge in [0, 0.05) is 6.42 Å². The number of quaternary nitrogens is 1. The third-order valence-electron chi connectivity index (χ3n) is 5.31. The molecule has 0 saturated carbocycles. The number of hydrogen-bond donors (Lipinski definition) is 1. The van der Waals surface area contributed by atoms with Crippen molar-refractivity contribution in [2.75, 3.05) is 40.4 Å². The van der Waals surface area contributed by atoms with E-state index in [1.807, 2.05) is 14.1 Å². The normalized spacial score (nSPS) is 12.0. The van der Waals surface area contributed by atoms with Crippen LogP contribution in [0.4, 0.5) is 0 Å². The second-order valence-corrected chi connectivity index (χ2v) is 8.66. The number of unbranched alkanes of at least 4 members (excludes halogenated alkanes) is 11. The van der Waals surface area contributed by atoms with Crippen molar-refractivity contribution >= 4 is 5.97 Å². The van der Waals surface area contributed by atoms with E-state index in [0.717, 1.165) is 19.4 Å². The minimum absolute atomic E-state index is 0.0818. The zero-order valence-corrected chi connectivity index (χ0v) is 19.1. The standard InChI is InChI=1S/C24H48NO3/c1-4-5-6-7-8-9-10-11-12-13-14-15-16-17-18-19-24(27)28-23-21-25(2,3)20-22-26/h11-12,26H,4-10,13-23H2,1-3H3/q+1. The molecule has 0 aliphatic carbocycles. The summed E-state index contributed by atoms with van der Waals surface area (Å²) in [6, 6.07) is 0. The average Bonchev–Trinajstić information content (AvgIpc) is 2.64. The molecule has 4 nitrogen and oxygen atoms in total. The molecule has 0 unspecified atom stereocenters. The molecule has 0 saturated heterocycles. The molecule has 0 bridgehead atoms. The molecule has 0 aromatic carbocycles. The molecule has 0 aliphatic heterocycles. The van der Waals surface area contributed by atoms with Gasteiger partial charge in [-0.3, -0.25) is 4.79 Å². The van der Waals surface area contributed by atoms with Crippen LogP contribution in [0.25, 0.3) is 0 Å². The molecule has 0 rings (SSSR count). The molecule has 0 aromatic heterocycles. The number of aliphatic hydroxyl groups is 1. The van der Waals surface area contributed by atoms with E-state index < -0.39 is 0 Å². The Morgan fingerprint density at radius 1 is 0.821 bits per heavy atom. The van der Waals surface area contributed by atoms with Gasteiger partial charge in [0.05, 0.1) is 20.7 Å². The van der Waals surface area contributed by atoms with Gasteiger partial charge < -0.3 is 14.3 Å². The van der Waals surface area contributed by atoms with Crippen molar-refractivity contribution < 1.29 is 19.1 Å². The Kier molecular flexibility index (Phi) is 18.8. The second-order valence-electron chi connectivity index (χ2n) is 8.66. The van der Waals surface area contributed by atoms with Gasteiger partial charge in [-0.05, 0) is 32.1 Å². The predicted molar refractivity (Wildman–Crippen MR) is 119 cm³/mol. The van der Waals surface area contributed by atoms with E-state index >= 15 is 0 Å². The van der Waals surface area contributed by atoms with Crippen molar-refractivity contribution in [1.29, 1.82) is 0 Å². The number of hydrogen-bond acceptors (Lipinski definition) is 3. The summed E-state index contributed by atoms with van der Waals surface area (Å²) in [4.78, 5) is 11.7. The molecule has 166 valence electrons. The van der Waals surface area contributed by atoms with Crippen LogP contribution in [0.2, 0.25) is 0 Å². The lowest BCUT2D eigenvalue weighted by atomic mass is 10.1. The fraction of sp³-hybridized carbons (Fsp3) is 0.875. The molecule has 1 N–H and O–H groups in total. The highest BCUT2D eigenvalue weighted by Gasteiger charge is 2.14. The van der Waals surface area contributed by atoms with E-state index in [-0.39, 0.29) is 12.6 Å². The number of aliphatic hydroxyl groups excluding tert-OH is 1. The van der Waals surface area contributed by atoms with Gasteiger partial charge in [0.25, 0.3) is 0 Å². The summed E-state index contributed by atoms with van der Waals surface area (Å²) >= 11 is 0. The van der Waals surface area contributed by atoms with E-state index in [0.29, 0.717) is 24.1 Å². The number of allylic oxidation sites excluding steroid dienone is 2. The van der Waals surface area contributed by atoms with Crippen LogP contribution in [0.3, 0.4) is 0 Å². The maximum atomic E-state index is 11.7. The monoisotopic (exact) mass is 398 g/mol. The second kappa shape index (κ2) is 19.4. The summed E-state index contributed by atoms with van der Waals surface area (Å²) in [6.45, 7) is 4.30. The quantitative estimate of drug-likeness (QED) is 0.125. The first-order valence-corrected chi connectivity index (χ1v) is 11.8. The highest BCUT2D eigenvalue weighted by atomic mass is 16.5. The van der Waals surface area contributed by atoms with Crippen molar-refractivity contribution in [2.24, 2.45) is 0 Å². The fourth-order valence-electron chi connectivity index (χ4n) is 3.20. The van der Waals surface area contributed by atoms with Crippen LogP contribution in [0.1, 0.15) is 96.8 Å². The summed E-state index contributed by atoms with van der Waals surface area (Å²) in [7, 11) is 4.07. The van der Waals surface area contributed by atoms with Crippen molar-refractivity contribution in [3.05, 3.63) is 12.2 Å². The first-order valence-electron chi connectivity index (χ1n) is 11.8. The molecule has 0 aromatic rings. The predicted octanol–water partition coefficient (Wildman–Crippen LogP) is 5.64. The maximum absolute atomic E-state index is 11.7. The average molecular weight is 399 g/mol. The highest BCUT2D eigenvalue weighted by Crippen LogP contribution is 2.10. The zero-order valence-electron chi connectivity index (χ0n) is 19.1. The minimum Gasteiger partial charge on any atom is -0.460 e. The molecular formula is C24H48NO3+. The Bertz CT molecular complexity index is 380. The van der Waals surface area contributed by atoms with Gasteiger partial charge in [0.2, 0.25) is 0 Å². The minimum atomic E-state index is -0.0818. The van der Waals surface area contributed by atoms with Gasteiger partial charge in [-0.1, -0.05) is 70.4 Å². The molecule has 0 heterocycles. The van der Waals surface area contributed by atoms with E-state index in [2.05, 4.69) is 19.1 Å². The van der Waals surface area contributed by atoms with Crippen LogP contribution in [0.15, 0.2) is 12.2 Å². The van der Waals surface area contributed by atoms with E-state index in [1.54, 1.807) is 0 Å². The first kappa shape index (κ1) is 27.1. The summed E-state index contributed by atoms with van der Waals surface area (Å²) in [5.74, 6) is -0.0818. The summed E-state index contributed by atoms with van der Waals surface area (Å²) in [6.07, 6.45) is 21.7. The van der Waals surface area contributed by atoms with Gasteiger partial charge in [-0.25, -0.2) is 0 Å². The lowest BCUT2D eigenvalue weighted by molar-refractivity contribution is -0.890. The number of carbonyl (C=O) groups excluding carboxylic acids is 1. The van der Waals surface area contributed by atoms with Gasteiger partial charge in [0.1, 0.15) is 19.7 Å². The SMILES string of the molecule is CCCCCCCCC=CCCCCCCCC(=O)OCC[N+](C)(C)CCO. The van der Waals surface area contributed by atoms with Crippen molar-refractivity contribution in [3.8, 4) is 0 Å². The molecule has 28 heavy (non-hydrogen) atoms. The van der Waals surface area contributed by atoms with Crippen LogP contribution < -0.4 is 0 Å². The number of likely N-dealkylation sites (N-methyl/N-ethyl adjacent to an activating group) is 1. The third-order valence-corrected chi connectivity index (χ3v) is 5.31. The Labute approximate surface area is 174 Å². The van der Waals surface area contributed by atoms with Gasteiger partial charge >= 0.3 is 5.97 Å². The summed E-state index contributed by atoms with van der Waals surface area (Å²) in [5.41, 5.74) is 0. The van der Waals surface area contributed by atoms with Crippen LogP contribution >= 0.6 is 0 Å². The summed E-state index contributed by atoms with van der Waals surface area (Å²) in [5, 5.41) is 8.99. The van der Waals surface area contributed by atoms with E-state index in [9.17, 15) is 4.79 Å². The molecule has 0 atom stereocenters. The molecule has 4 heteroatoms. The Morgan fingerprint density at radius 2 is 1.36 bits per heavy atom. The Morgan fingerprint density at radius 3 is 1.93 bits per heavy atom. The van der Waals surface area contributed by atoms with Gasteiger partial charge in [0.15, 0.2) is 0 Å². The number of rotatable bonds is 20. The first-order chi connectivity index (χ1) is 13.5. The smallest absolute Gasteiger partial charge is 0.305 e. The molecule has 0 spiro atoms. The van der Waals surface area contributed by atoms with Crippen LogP contribution in [-0.4, -0.2) is 56.0 Å². The Balaban J connectivity index is 3.34. The lowest BCUT2D eigenvalue weighted by Gasteiger charge is -2.28. The third kappa shape index (κ3) is 19.9. The molecular weight excluding hydrogens is 350 g/mol. The Hall–Kier alpha value is -0.870. The number of nitrogens with zero attached hydrogens (tertiary/aromatic N) is 1. The van der Waals surface area contributed by atoms with E-state index in [4.69, 9.17) is 9.84 Å². The summed E-state index contributed by atoms with van der Waals surface area (Å²) < 4.78 is 5.98. The molecule has 0 amide bonds. The van der Waals surface area contributed by atoms with Crippen LogP contribution in [0.5, 0.6) is 0 Å².